The summed E-state index contributed by atoms with van der Waals surface area (Å²) in [7, 11) is -1.61. The molecule has 2 aromatic heterocycles. The monoisotopic (exact) mass is 347 g/mol. The Kier molecular flexibility index (Phi) is 4.31. The van der Waals surface area contributed by atoms with Crippen LogP contribution in [0.3, 0.4) is 0 Å². The van der Waals surface area contributed by atoms with Crippen molar-refractivity contribution in [1.29, 1.82) is 0 Å². The van der Waals surface area contributed by atoms with Crippen LogP contribution in [-0.4, -0.2) is 56.6 Å². The molecule has 0 bridgehead atoms. The summed E-state index contributed by atoms with van der Waals surface area (Å²) in [5.41, 5.74) is 10.1. The predicted octanol–water partition coefficient (Wildman–Crippen LogP) is 0.278. The van der Waals surface area contributed by atoms with Crippen molar-refractivity contribution in [1.82, 2.24) is 19.5 Å². The summed E-state index contributed by atoms with van der Waals surface area (Å²) < 4.78 is 7.49. The van der Waals surface area contributed by atoms with Crippen LogP contribution in [0.1, 0.15) is 18.5 Å². The third-order valence-electron chi connectivity index (χ3n) is 3.73. The molecule has 0 aliphatic carbocycles. The molecule has 0 spiro atoms. The summed E-state index contributed by atoms with van der Waals surface area (Å²) in [5.74, 6) is 3.86. The van der Waals surface area contributed by atoms with Gasteiger partial charge in [-0.15, -0.1) is 5.54 Å². The van der Waals surface area contributed by atoms with E-state index in [-0.39, 0.29) is 12.4 Å². The Morgan fingerprint density at radius 1 is 1.42 bits per heavy atom. The Bertz CT molecular complexity index is 820. The summed E-state index contributed by atoms with van der Waals surface area (Å²) in [6.45, 7) is 6.16. The highest BCUT2D eigenvalue weighted by Gasteiger charge is 2.36. The van der Waals surface area contributed by atoms with Crippen molar-refractivity contribution in [3.05, 3.63) is 12.2 Å². The minimum Gasteiger partial charge on any atom is -0.394 e. The summed E-state index contributed by atoms with van der Waals surface area (Å²) in [4.78, 5) is 12.7. The van der Waals surface area contributed by atoms with Gasteiger partial charge in [-0.3, -0.25) is 4.57 Å². The van der Waals surface area contributed by atoms with Crippen LogP contribution in [0.15, 0.2) is 6.33 Å². The van der Waals surface area contributed by atoms with Gasteiger partial charge in [0.15, 0.2) is 22.8 Å². The number of hydrogen-bond acceptors (Lipinski definition) is 7. The molecule has 9 heteroatoms. The van der Waals surface area contributed by atoms with Crippen molar-refractivity contribution in [2.75, 3.05) is 12.3 Å². The van der Waals surface area contributed by atoms with E-state index in [0.717, 1.165) is 0 Å². The average Bonchev–Trinajstić information content (AvgIpc) is 3.05. The average molecular weight is 347 g/mol. The maximum atomic E-state index is 10.0. The number of rotatable bonds is 2. The fourth-order valence-corrected chi connectivity index (χ4v) is 3.05. The van der Waals surface area contributed by atoms with Crippen LogP contribution in [-0.2, 0) is 4.74 Å². The molecule has 1 saturated heterocycles. The molecule has 0 saturated carbocycles. The molecular weight excluding hydrogens is 326 g/mol. The number of aliphatic hydroxyl groups excluding tert-OH is 2. The summed E-state index contributed by atoms with van der Waals surface area (Å²) in [5, 5.41) is 19.3. The Hall–Kier alpha value is -1.99. The Labute approximate surface area is 140 Å². The molecule has 4 N–H and O–H groups in total. The lowest BCUT2D eigenvalue weighted by atomic mass is 10.2. The molecule has 1 fully saturated rings. The lowest BCUT2D eigenvalue weighted by Gasteiger charge is -2.15. The zero-order valence-corrected chi connectivity index (χ0v) is 14.9. The van der Waals surface area contributed by atoms with Gasteiger partial charge in [-0.2, -0.15) is 0 Å². The fraction of sp³-hybridized carbons (Fsp3) is 0.533. The predicted molar refractivity (Wildman–Crippen MR) is 91.6 cm³/mol. The standard InChI is InChI=1S/C15H21N5O3Si/c1-24(2,3)5-4-11-19-13-14(16)17-8-18-15(13)20(11)12-6-9(22)10(7-21)23-12/h8-10,12,21-22H,6-7H2,1-3H3,(H2,16,17,18)/t9-,10+,12+/m0/s1. The Morgan fingerprint density at radius 2 is 2.17 bits per heavy atom. The van der Waals surface area contributed by atoms with Gasteiger partial charge >= 0.3 is 0 Å². The van der Waals surface area contributed by atoms with Gasteiger partial charge in [0.1, 0.15) is 26.7 Å². The number of aromatic nitrogens is 4. The normalized spacial score (nSPS) is 24.1. The second-order valence-corrected chi connectivity index (χ2v) is 11.6. The molecule has 3 rings (SSSR count). The molecule has 24 heavy (non-hydrogen) atoms. The van der Waals surface area contributed by atoms with Crippen LogP contribution in [0.2, 0.25) is 19.6 Å². The number of aliphatic hydroxyl groups is 2. The second kappa shape index (κ2) is 6.14. The molecule has 8 nitrogen and oxygen atoms in total. The molecule has 128 valence electrons. The van der Waals surface area contributed by atoms with Gasteiger partial charge in [0.2, 0.25) is 0 Å². The van der Waals surface area contributed by atoms with E-state index in [1.807, 2.05) is 0 Å². The summed E-state index contributed by atoms with van der Waals surface area (Å²) >= 11 is 0. The van der Waals surface area contributed by atoms with Crippen LogP contribution in [0, 0.1) is 11.5 Å². The summed E-state index contributed by atoms with van der Waals surface area (Å²) in [6.07, 6.45) is -0.218. The highest BCUT2D eigenvalue weighted by molar-refractivity contribution is 6.83. The van der Waals surface area contributed by atoms with Crippen molar-refractivity contribution in [3.8, 4) is 11.5 Å². The molecule has 2 aromatic rings. The van der Waals surface area contributed by atoms with E-state index in [0.29, 0.717) is 23.4 Å². The van der Waals surface area contributed by atoms with E-state index in [1.54, 1.807) is 4.57 Å². The summed E-state index contributed by atoms with van der Waals surface area (Å²) in [6, 6.07) is 0. The van der Waals surface area contributed by atoms with Crippen LogP contribution in [0.4, 0.5) is 5.82 Å². The highest BCUT2D eigenvalue weighted by atomic mass is 28.3. The van der Waals surface area contributed by atoms with E-state index in [9.17, 15) is 10.2 Å². The maximum absolute atomic E-state index is 10.0. The van der Waals surface area contributed by atoms with E-state index < -0.39 is 26.5 Å². The van der Waals surface area contributed by atoms with Crippen molar-refractivity contribution < 1.29 is 14.9 Å². The van der Waals surface area contributed by atoms with Crippen LogP contribution < -0.4 is 5.73 Å². The van der Waals surface area contributed by atoms with E-state index >= 15 is 0 Å². The minimum absolute atomic E-state index is 0.253. The first kappa shape index (κ1) is 16.9. The fourth-order valence-electron chi connectivity index (χ4n) is 2.57. The van der Waals surface area contributed by atoms with Crippen molar-refractivity contribution >= 4 is 25.1 Å². The van der Waals surface area contributed by atoms with E-state index in [2.05, 4.69) is 46.1 Å². The number of fused-ring (bicyclic) bond motifs is 1. The Morgan fingerprint density at radius 3 is 2.79 bits per heavy atom. The van der Waals surface area contributed by atoms with Crippen molar-refractivity contribution in [3.63, 3.8) is 0 Å². The highest BCUT2D eigenvalue weighted by Crippen LogP contribution is 2.32. The smallest absolute Gasteiger partial charge is 0.189 e. The molecule has 0 amide bonds. The molecule has 3 heterocycles. The number of hydrogen-bond donors (Lipinski definition) is 3. The molecular formula is C15H21N5O3Si. The van der Waals surface area contributed by atoms with Gasteiger partial charge in [-0.25, -0.2) is 15.0 Å². The SMILES string of the molecule is C[Si](C)(C)C#Cc1nc2c(N)ncnc2n1[C@H]1C[C@H](O)[C@@H](CO)O1. The lowest BCUT2D eigenvalue weighted by Crippen LogP contribution is -2.24. The number of imidazole rings is 1. The van der Waals surface area contributed by atoms with Gasteiger partial charge < -0.3 is 20.7 Å². The van der Waals surface area contributed by atoms with Crippen LogP contribution >= 0.6 is 0 Å². The van der Waals surface area contributed by atoms with E-state index in [4.69, 9.17) is 10.5 Å². The first-order chi connectivity index (χ1) is 11.3. The number of ether oxygens (including phenoxy) is 1. The molecule has 1 aliphatic heterocycles. The van der Waals surface area contributed by atoms with Gasteiger partial charge in [0, 0.05) is 6.42 Å². The number of anilines is 1. The van der Waals surface area contributed by atoms with Gasteiger partial charge in [0.25, 0.3) is 0 Å². The van der Waals surface area contributed by atoms with Crippen molar-refractivity contribution in [2.45, 2.75) is 44.5 Å². The molecule has 0 aromatic carbocycles. The maximum Gasteiger partial charge on any atom is 0.189 e. The van der Waals surface area contributed by atoms with Gasteiger partial charge in [0.05, 0.1) is 12.7 Å². The minimum atomic E-state index is -1.61. The lowest BCUT2D eigenvalue weighted by molar-refractivity contribution is -0.0434. The quantitative estimate of drug-likeness (QED) is 0.527. The molecule has 3 atom stereocenters. The third-order valence-corrected chi connectivity index (χ3v) is 4.60. The first-order valence-electron chi connectivity index (χ1n) is 7.76. The first-order valence-corrected chi connectivity index (χ1v) is 11.3. The Balaban J connectivity index is 2.13. The van der Waals surface area contributed by atoms with Gasteiger partial charge in [-0.1, -0.05) is 19.6 Å². The zero-order valence-electron chi connectivity index (χ0n) is 13.9. The molecule has 1 aliphatic rings. The molecule has 0 radical (unpaired) electrons. The zero-order chi connectivity index (χ0) is 17.5. The second-order valence-electron chi connectivity index (χ2n) is 6.85. The number of nitrogen functional groups attached to an aromatic ring is 1. The van der Waals surface area contributed by atoms with Crippen LogP contribution in [0.25, 0.3) is 11.2 Å². The van der Waals surface area contributed by atoms with E-state index in [1.165, 1.54) is 6.33 Å². The topological polar surface area (TPSA) is 119 Å². The number of nitrogens with zero attached hydrogens (tertiary/aromatic N) is 4. The van der Waals surface area contributed by atoms with Crippen molar-refractivity contribution in [2.24, 2.45) is 0 Å². The largest absolute Gasteiger partial charge is 0.394 e. The van der Waals surface area contributed by atoms with Gasteiger partial charge in [-0.05, 0) is 5.92 Å². The third kappa shape index (κ3) is 3.14. The van der Waals surface area contributed by atoms with Crippen LogP contribution in [0.5, 0.6) is 0 Å². The number of nitrogens with two attached hydrogens (primary N) is 1. The molecule has 0 unspecified atom stereocenters.